The van der Waals surface area contributed by atoms with E-state index in [1.807, 2.05) is 0 Å². The Morgan fingerprint density at radius 1 is 1.33 bits per heavy atom. The van der Waals surface area contributed by atoms with Crippen molar-refractivity contribution in [1.82, 2.24) is 4.98 Å². The Kier molecular flexibility index (Phi) is 4.80. The SMILES string of the molecule is Nc1cnc(N(CCO)CCO)c(Br)c1. The monoisotopic (exact) mass is 275 g/mol. The van der Waals surface area contributed by atoms with Crippen molar-refractivity contribution in [3.05, 3.63) is 16.7 Å². The quantitative estimate of drug-likeness (QED) is 0.716. The minimum atomic E-state index is 0.0124. The molecule has 0 bridgehead atoms. The number of halogens is 1. The number of hydrogen-bond donors (Lipinski definition) is 3. The van der Waals surface area contributed by atoms with Gasteiger partial charge in [-0.3, -0.25) is 0 Å². The van der Waals surface area contributed by atoms with E-state index < -0.39 is 0 Å². The molecule has 6 heteroatoms. The van der Waals surface area contributed by atoms with Gasteiger partial charge >= 0.3 is 0 Å². The number of anilines is 2. The predicted octanol–water partition coefficient (Wildman–Crippen LogP) is 0.217. The molecule has 4 N–H and O–H groups in total. The molecule has 0 unspecified atom stereocenters. The van der Waals surface area contributed by atoms with Crippen molar-refractivity contribution < 1.29 is 10.2 Å². The smallest absolute Gasteiger partial charge is 0.143 e. The summed E-state index contributed by atoms with van der Waals surface area (Å²) in [7, 11) is 0. The van der Waals surface area contributed by atoms with Crippen LogP contribution in [0.1, 0.15) is 0 Å². The highest BCUT2D eigenvalue weighted by Crippen LogP contribution is 2.24. The maximum Gasteiger partial charge on any atom is 0.143 e. The van der Waals surface area contributed by atoms with Crippen LogP contribution in [-0.4, -0.2) is 41.5 Å². The summed E-state index contributed by atoms with van der Waals surface area (Å²) in [6, 6.07) is 1.74. The summed E-state index contributed by atoms with van der Waals surface area (Å²) in [5, 5.41) is 17.8. The molecule has 0 aliphatic carbocycles. The lowest BCUT2D eigenvalue weighted by molar-refractivity contribution is 0.280. The second-order valence-electron chi connectivity index (χ2n) is 3.01. The van der Waals surface area contributed by atoms with Gasteiger partial charge in [-0.2, -0.15) is 0 Å². The van der Waals surface area contributed by atoms with Crippen LogP contribution in [-0.2, 0) is 0 Å². The summed E-state index contributed by atoms with van der Waals surface area (Å²) in [5.41, 5.74) is 6.13. The summed E-state index contributed by atoms with van der Waals surface area (Å²) in [4.78, 5) is 5.93. The van der Waals surface area contributed by atoms with Gasteiger partial charge in [0.25, 0.3) is 0 Å². The molecule has 15 heavy (non-hydrogen) atoms. The van der Waals surface area contributed by atoms with Gasteiger partial charge in [-0.05, 0) is 22.0 Å². The molecular formula is C9H14BrN3O2. The average molecular weight is 276 g/mol. The third kappa shape index (κ3) is 3.33. The lowest BCUT2D eigenvalue weighted by Gasteiger charge is -2.22. The largest absolute Gasteiger partial charge is 0.397 e. The van der Waals surface area contributed by atoms with E-state index in [1.165, 1.54) is 0 Å². The zero-order chi connectivity index (χ0) is 11.3. The second-order valence-corrected chi connectivity index (χ2v) is 3.86. The maximum atomic E-state index is 8.88. The summed E-state index contributed by atoms with van der Waals surface area (Å²) in [6.45, 7) is 0.878. The molecule has 0 fully saturated rings. The predicted molar refractivity (Wildman–Crippen MR) is 62.7 cm³/mol. The second kappa shape index (κ2) is 5.89. The van der Waals surface area contributed by atoms with Gasteiger partial charge < -0.3 is 20.8 Å². The Labute approximate surface area is 96.7 Å². The third-order valence-electron chi connectivity index (χ3n) is 1.88. The van der Waals surface area contributed by atoms with E-state index in [4.69, 9.17) is 15.9 Å². The molecule has 1 heterocycles. The molecule has 84 valence electrons. The van der Waals surface area contributed by atoms with Gasteiger partial charge in [0.1, 0.15) is 5.82 Å². The number of aliphatic hydroxyl groups excluding tert-OH is 2. The van der Waals surface area contributed by atoms with Gasteiger partial charge in [0.2, 0.25) is 0 Å². The van der Waals surface area contributed by atoms with Crippen molar-refractivity contribution in [3.63, 3.8) is 0 Å². The lowest BCUT2D eigenvalue weighted by Crippen LogP contribution is -2.30. The fourth-order valence-electron chi connectivity index (χ4n) is 1.24. The van der Waals surface area contributed by atoms with Crippen LogP contribution in [0.15, 0.2) is 16.7 Å². The molecule has 0 amide bonds. The van der Waals surface area contributed by atoms with Crippen LogP contribution < -0.4 is 10.6 Å². The number of nitrogens with two attached hydrogens (primary N) is 1. The van der Waals surface area contributed by atoms with E-state index in [0.717, 1.165) is 4.47 Å². The van der Waals surface area contributed by atoms with Crippen LogP contribution in [0.25, 0.3) is 0 Å². The van der Waals surface area contributed by atoms with Crippen LogP contribution in [0.2, 0.25) is 0 Å². The molecule has 1 rings (SSSR count). The van der Waals surface area contributed by atoms with Crippen LogP contribution >= 0.6 is 15.9 Å². The third-order valence-corrected chi connectivity index (χ3v) is 2.47. The molecule has 0 aliphatic rings. The number of aromatic nitrogens is 1. The first kappa shape index (κ1) is 12.2. The number of aliphatic hydroxyl groups is 2. The first-order chi connectivity index (χ1) is 7.19. The molecule has 0 spiro atoms. The molecule has 0 saturated carbocycles. The highest BCUT2D eigenvalue weighted by atomic mass is 79.9. The standard InChI is InChI=1S/C9H14BrN3O2/c10-8-5-7(11)6-12-9(8)13(1-3-14)2-4-15/h5-6,14-15H,1-4,11H2. The summed E-state index contributed by atoms with van der Waals surface area (Å²) in [6.07, 6.45) is 1.54. The molecule has 0 radical (unpaired) electrons. The van der Waals surface area contributed by atoms with Crippen LogP contribution in [0.5, 0.6) is 0 Å². The summed E-state index contributed by atoms with van der Waals surface area (Å²) in [5.74, 6) is 0.673. The molecule has 0 atom stereocenters. The van der Waals surface area contributed by atoms with Crippen molar-refractivity contribution >= 4 is 27.4 Å². The fourth-order valence-corrected chi connectivity index (χ4v) is 1.86. The van der Waals surface area contributed by atoms with E-state index in [-0.39, 0.29) is 13.2 Å². The van der Waals surface area contributed by atoms with Gasteiger partial charge in [0.15, 0.2) is 0 Å². The lowest BCUT2D eigenvalue weighted by atomic mass is 10.3. The number of nitrogen functional groups attached to an aromatic ring is 1. The number of pyridine rings is 1. The highest BCUT2D eigenvalue weighted by Gasteiger charge is 2.10. The Bertz CT molecular complexity index is 316. The van der Waals surface area contributed by atoms with Gasteiger partial charge in [-0.1, -0.05) is 0 Å². The molecule has 1 aromatic rings. The molecule has 0 aromatic carbocycles. The van der Waals surface area contributed by atoms with Crippen molar-refractivity contribution in [2.24, 2.45) is 0 Å². The Balaban J connectivity index is 2.89. The highest BCUT2D eigenvalue weighted by molar-refractivity contribution is 9.10. The van der Waals surface area contributed by atoms with Crippen molar-refractivity contribution in [2.45, 2.75) is 0 Å². The van der Waals surface area contributed by atoms with E-state index in [2.05, 4.69) is 20.9 Å². The summed E-state index contributed by atoms with van der Waals surface area (Å²) >= 11 is 3.34. The van der Waals surface area contributed by atoms with E-state index in [9.17, 15) is 0 Å². The van der Waals surface area contributed by atoms with Gasteiger partial charge in [-0.25, -0.2) is 4.98 Å². The van der Waals surface area contributed by atoms with Crippen LogP contribution in [0, 0.1) is 0 Å². The average Bonchev–Trinajstić information content (AvgIpc) is 2.17. The van der Waals surface area contributed by atoms with E-state index >= 15 is 0 Å². The van der Waals surface area contributed by atoms with Crippen molar-refractivity contribution in [2.75, 3.05) is 36.9 Å². The summed E-state index contributed by atoms with van der Waals surface area (Å²) < 4.78 is 0.754. The Hall–Kier alpha value is -0.850. The van der Waals surface area contributed by atoms with E-state index in [0.29, 0.717) is 24.6 Å². The van der Waals surface area contributed by atoms with Gasteiger partial charge in [-0.15, -0.1) is 0 Å². The van der Waals surface area contributed by atoms with Gasteiger partial charge in [0.05, 0.1) is 29.6 Å². The number of nitrogens with zero attached hydrogens (tertiary/aromatic N) is 2. The maximum absolute atomic E-state index is 8.88. The minimum absolute atomic E-state index is 0.0124. The van der Waals surface area contributed by atoms with E-state index in [1.54, 1.807) is 17.2 Å². The normalized spacial score (nSPS) is 10.3. The first-order valence-electron chi connectivity index (χ1n) is 4.56. The minimum Gasteiger partial charge on any atom is -0.397 e. The molecule has 1 aromatic heterocycles. The molecule has 5 nitrogen and oxygen atoms in total. The van der Waals surface area contributed by atoms with Gasteiger partial charge in [0, 0.05) is 13.1 Å². The Morgan fingerprint density at radius 2 is 1.93 bits per heavy atom. The topological polar surface area (TPSA) is 82.6 Å². The fraction of sp³-hybridized carbons (Fsp3) is 0.444. The number of rotatable bonds is 5. The van der Waals surface area contributed by atoms with Crippen molar-refractivity contribution in [1.29, 1.82) is 0 Å². The molecule has 0 aliphatic heterocycles. The zero-order valence-electron chi connectivity index (χ0n) is 8.23. The Morgan fingerprint density at radius 3 is 2.40 bits per heavy atom. The zero-order valence-corrected chi connectivity index (χ0v) is 9.81. The number of hydrogen-bond acceptors (Lipinski definition) is 5. The molecule has 0 saturated heterocycles. The van der Waals surface area contributed by atoms with Crippen molar-refractivity contribution in [3.8, 4) is 0 Å². The molecular weight excluding hydrogens is 262 g/mol. The first-order valence-corrected chi connectivity index (χ1v) is 5.36. The van der Waals surface area contributed by atoms with Crippen LogP contribution in [0.3, 0.4) is 0 Å². The van der Waals surface area contributed by atoms with Crippen LogP contribution in [0.4, 0.5) is 11.5 Å².